The SMILES string of the molecule is CC1CN(C(=O)C(=O)NCc2ccc(F)cc2)CC(C)O1. The molecule has 1 aromatic carbocycles. The second-order valence-electron chi connectivity index (χ2n) is 5.28. The molecule has 0 saturated carbocycles. The van der Waals surface area contributed by atoms with Gasteiger partial charge in [0.05, 0.1) is 12.2 Å². The quantitative estimate of drug-likeness (QED) is 0.830. The summed E-state index contributed by atoms with van der Waals surface area (Å²) in [5.74, 6) is -1.54. The number of halogens is 1. The van der Waals surface area contributed by atoms with E-state index in [1.54, 1.807) is 12.1 Å². The Morgan fingerprint density at radius 3 is 2.38 bits per heavy atom. The van der Waals surface area contributed by atoms with Gasteiger partial charge < -0.3 is 15.0 Å². The van der Waals surface area contributed by atoms with Gasteiger partial charge in [-0.25, -0.2) is 4.39 Å². The van der Waals surface area contributed by atoms with Crippen LogP contribution in [0.5, 0.6) is 0 Å². The van der Waals surface area contributed by atoms with Crippen molar-refractivity contribution in [1.82, 2.24) is 10.2 Å². The van der Waals surface area contributed by atoms with Crippen molar-refractivity contribution < 1.29 is 18.7 Å². The third-order valence-corrected chi connectivity index (χ3v) is 3.27. The maximum Gasteiger partial charge on any atom is 0.312 e. The van der Waals surface area contributed by atoms with Crippen molar-refractivity contribution in [2.45, 2.75) is 32.6 Å². The van der Waals surface area contributed by atoms with Crippen molar-refractivity contribution in [1.29, 1.82) is 0 Å². The summed E-state index contributed by atoms with van der Waals surface area (Å²) in [5, 5.41) is 2.55. The van der Waals surface area contributed by atoms with Gasteiger partial charge in [-0.3, -0.25) is 9.59 Å². The molecule has 5 nitrogen and oxygen atoms in total. The van der Waals surface area contributed by atoms with Crippen LogP contribution in [0.4, 0.5) is 4.39 Å². The van der Waals surface area contributed by atoms with E-state index < -0.39 is 11.8 Å². The summed E-state index contributed by atoms with van der Waals surface area (Å²) >= 11 is 0. The zero-order valence-electron chi connectivity index (χ0n) is 12.1. The van der Waals surface area contributed by atoms with E-state index in [0.717, 1.165) is 5.56 Å². The van der Waals surface area contributed by atoms with Crippen LogP contribution in [0.2, 0.25) is 0 Å². The lowest BCUT2D eigenvalue weighted by molar-refractivity contribution is -0.153. The summed E-state index contributed by atoms with van der Waals surface area (Å²) in [4.78, 5) is 25.4. The zero-order valence-corrected chi connectivity index (χ0v) is 12.1. The van der Waals surface area contributed by atoms with E-state index in [4.69, 9.17) is 4.74 Å². The van der Waals surface area contributed by atoms with Gasteiger partial charge in [-0.1, -0.05) is 12.1 Å². The molecule has 1 aromatic rings. The van der Waals surface area contributed by atoms with Crippen LogP contribution in [0.1, 0.15) is 19.4 Å². The Kier molecular flexibility index (Phi) is 4.90. The van der Waals surface area contributed by atoms with Gasteiger partial charge in [0.25, 0.3) is 0 Å². The number of hydrogen-bond donors (Lipinski definition) is 1. The summed E-state index contributed by atoms with van der Waals surface area (Å²) in [6.45, 7) is 4.75. The molecule has 2 amide bonds. The molecule has 2 rings (SSSR count). The zero-order chi connectivity index (χ0) is 15.4. The van der Waals surface area contributed by atoms with Gasteiger partial charge in [-0.2, -0.15) is 0 Å². The first-order valence-corrected chi connectivity index (χ1v) is 6.92. The van der Waals surface area contributed by atoms with Crippen LogP contribution in [0, 0.1) is 5.82 Å². The highest BCUT2D eigenvalue weighted by Crippen LogP contribution is 2.10. The van der Waals surface area contributed by atoms with Crippen molar-refractivity contribution in [2.24, 2.45) is 0 Å². The van der Waals surface area contributed by atoms with E-state index in [9.17, 15) is 14.0 Å². The minimum atomic E-state index is -0.652. The van der Waals surface area contributed by atoms with Gasteiger partial charge in [0.15, 0.2) is 0 Å². The molecule has 0 radical (unpaired) electrons. The normalized spacial score (nSPS) is 22.0. The smallest absolute Gasteiger partial charge is 0.312 e. The fraction of sp³-hybridized carbons (Fsp3) is 0.467. The average Bonchev–Trinajstić information content (AvgIpc) is 2.44. The highest BCUT2D eigenvalue weighted by atomic mass is 19.1. The number of rotatable bonds is 2. The highest BCUT2D eigenvalue weighted by molar-refractivity contribution is 6.35. The molecule has 0 aromatic heterocycles. The van der Waals surface area contributed by atoms with Crippen molar-refractivity contribution >= 4 is 11.8 Å². The van der Waals surface area contributed by atoms with E-state index in [0.29, 0.717) is 13.1 Å². The molecule has 0 spiro atoms. The largest absolute Gasteiger partial charge is 0.372 e. The minimum Gasteiger partial charge on any atom is -0.372 e. The Morgan fingerprint density at radius 2 is 1.81 bits per heavy atom. The summed E-state index contributed by atoms with van der Waals surface area (Å²) in [6, 6.07) is 5.77. The van der Waals surface area contributed by atoms with Crippen molar-refractivity contribution in [3.63, 3.8) is 0 Å². The molecule has 114 valence electrons. The maximum absolute atomic E-state index is 12.8. The molecule has 1 N–H and O–H groups in total. The van der Waals surface area contributed by atoms with E-state index in [1.807, 2.05) is 13.8 Å². The summed E-state index contributed by atoms with van der Waals surface area (Å²) < 4.78 is 18.3. The fourth-order valence-electron chi connectivity index (χ4n) is 2.35. The first-order chi connectivity index (χ1) is 9.95. The summed E-state index contributed by atoms with van der Waals surface area (Å²) in [7, 11) is 0. The molecule has 1 fully saturated rings. The molecule has 2 unspecified atom stereocenters. The Labute approximate surface area is 123 Å². The standard InChI is InChI=1S/C15H19FN2O3/c1-10-8-18(9-11(2)21-10)15(20)14(19)17-7-12-3-5-13(16)6-4-12/h3-6,10-11H,7-9H2,1-2H3,(H,17,19). The lowest BCUT2D eigenvalue weighted by atomic mass is 10.2. The predicted molar refractivity (Wildman–Crippen MR) is 74.8 cm³/mol. The lowest BCUT2D eigenvalue weighted by Gasteiger charge is -2.34. The molecular weight excluding hydrogens is 275 g/mol. The first kappa shape index (κ1) is 15.4. The second-order valence-corrected chi connectivity index (χ2v) is 5.28. The van der Waals surface area contributed by atoms with E-state index in [-0.39, 0.29) is 24.6 Å². The topological polar surface area (TPSA) is 58.6 Å². The minimum absolute atomic E-state index is 0.0809. The van der Waals surface area contributed by atoms with Crippen molar-refractivity contribution in [2.75, 3.05) is 13.1 Å². The summed E-state index contributed by atoms with van der Waals surface area (Å²) in [6.07, 6.45) is -0.162. The molecule has 0 bridgehead atoms. The molecule has 6 heteroatoms. The number of carbonyl (C=O) groups is 2. The van der Waals surface area contributed by atoms with E-state index in [1.165, 1.54) is 17.0 Å². The van der Waals surface area contributed by atoms with Crippen LogP contribution >= 0.6 is 0 Å². The molecule has 0 aliphatic carbocycles. The van der Waals surface area contributed by atoms with Gasteiger partial charge in [-0.15, -0.1) is 0 Å². The number of ether oxygens (including phenoxy) is 1. The highest BCUT2D eigenvalue weighted by Gasteiger charge is 2.29. The monoisotopic (exact) mass is 294 g/mol. The second kappa shape index (κ2) is 6.67. The third kappa shape index (κ3) is 4.26. The molecule has 21 heavy (non-hydrogen) atoms. The van der Waals surface area contributed by atoms with Crippen LogP contribution in [0.25, 0.3) is 0 Å². The summed E-state index contributed by atoms with van der Waals surface area (Å²) in [5.41, 5.74) is 0.737. The number of carbonyl (C=O) groups excluding carboxylic acids is 2. The van der Waals surface area contributed by atoms with E-state index >= 15 is 0 Å². The van der Waals surface area contributed by atoms with Crippen LogP contribution < -0.4 is 5.32 Å². The predicted octanol–water partition coefficient (Wildman–Crippen LogP) is 1.08. The fourth-order valence-corrected chi connectivity index (χ4v) is 2.35. The third-order valence-electron chi connectivity index (χ3n) is 3.27. The van der Waals surface area contributed by atoms with Crippen molar-refractivity contribution in [3.05, 3.63) is 35.6 Å². The Hall–Kier alpha value is -1.95. The number of morpholine rings is 1. The number of nitrogens with zero attached hydrogens (tertiary/aromatic N) is 1. The molecule has 1 saturated heterocycles. The van der Waals surface area contributed by atoms with Gasteiger partial charge in [0, 0.05) is 19.6 Å². The number of amides is 2. The molecule has 1 heterocycles. The molecule has 1 aliphatic rings. The van der Waals surface area contributed by atoms with Crippen molar-refractivity contribution in [3.8, 4) is 0 Å². The number of benzene rings is 1. The molecule has 1 aliphatic heterocycles. The van der Waals surface area contributed by atoms with Crippen LogP contribution in [0.15, 0.2) is 24.3 Å². The van der Waals surface area contributed by atoms with Crippen LogP contribution in [-0.4, -0.2) is 42.0 Å². The first-order valence-electron chi connectivity index (χ1n) is 6.92. The number of hydrogen-bond acceptors (Lipinski definition) is 3. The van der Waals surface area contributed by atoms with Gasteiger partial charge in [-0.05, 0) is 31.5 Å². The molecular formula is C15H19FN2O3. The Bertz CT molecular complexity index is 508. The maximum atomic E-state index is 12.8. The number of nitrogens with one attached hydrogen (secondary N) is 1. The van der Waals surface area contributed by atoms with E-state index in [2.05, 4.69) is 5.32 Å². The Balaban J connectivity index is 1.87. The Morgan fingerprint density at radius 1 is 1.24 bits per heavy atom. The molecule has 2 atom stereocenters. The van der Waals surface area contributed by atoms with Gasteiger partial charge in [0.2, 0.25) is 0 Å². The van der Waals surface area contributed by atoms with Crippen LogP contribution in [0.3, 0.4) is 0 Å². The average molecular weight is 294 g/mol. The van der Waals surface area contributed by atoms with Gasteiger partial charge in [0.1, 0.15) is 5.82 Å². The van der Waals surface area contributed by atoms with Gasteiger partial charge >= 0.3 is 11.8 Å². The van der Waals surface area contributed by atoms with Crippen LogP contribution in [-0.2, 0) is 20.9 Å². The lowest BCUT2D eigenvalue weighted by Crippen LogP contribution is -2.52.